The van der Waals surface area contributed by atoms with Crippen molar-refractivity contribution in [1.82, 2.24) is 15.1 Å². The zero-order valence-corrected chi connectivity index (χ0v) is 22.7. The molecule has 3 amide bonds. The second-order valence-electron chi connectivity index (χ2n) is 10.1. The Morgan fingerprint density at radius 3 is 2.54 bits per heavy atom. The molecule has 3 atom stereocenters. The molecule has 0 unspecified atom stereocenters. The van der Waals surface area contributed by atoms with Crippen molar-refractivity contribution in [2.75, 3.05) is 39.2 Å². The van der Waals surface area contributed by atoms with Crippen LogP contribution in [-0.2, 0) is 6.54 Å². The molecule has 0 spiro atoms. The van der Waals surface area contributed by atoms with Gasteiger partial charge in [-0.1, -0.05) is 25.1 Å². The molecule has 1 aliphatic rings. The first kappa shape index (κ1) is 28.3. The van der Waals surface area contributed by atoms with Crippen LogP contribution in [0, 0.1) is 5.92 Å². The molecule has 0 saturated carbocycles. The number of hydrogen-bond acceptors (Lipinski definition) is 6. The number of aliphatic hydroxyl groups is 1. The molecule has 202 valence electrons. The fourth-order valence-electron chi connectivity index (χ4n) is 4.39. The van der Waals surface area contributed by atoms with Gasteiger partial charge in [0.1, 0.15) is 11.9 Å². The number of nitrogens with one attached hydrogen (secondary N) is 2. The predicted octanol–water partition coefficient (Wildman–Crippen LogP) is 3.58. The molecule has 0 bridgehead atoms. The number of aliphatic hydroxyl groups excluding tert-OH is 1. The van der Waals surface area contributed by atoms with E-state index >= 15 is 0 Å². The minimum Gasteiger partial charge on any atom is -0.497 e. The number of urea groups is 1. The summed E-state index contributed by atoms with van der Waals surface area (Å²) in [6.45, 7) is 9.21. The van der Waals surface area contributed by atoms with Gasteiger partial charge in [-0.2, -0.15) is 0 Å². The van der Waals surface area contributed by atoms with Gasteiger partial charge in [-0.25, -0.2) is 4.79 Å². The van der Waals surface area contributed by atoms with Crippen LogP contribution in [0.3, 0.4) is 0 Å². The molecule has 37 heavy (non-hydrogen) atoms. The summed E-state index contributed by atoms with van der Waals surface area (Å²) < 4.78 is 11.8. The molecule has 0 aliphatic carbocycles. The summed E-state index contributed by atoms with van der Waals surface area (Å²) in [5.74, 6) is 0.878. The molecule has 1 heterocycles. The normalized spacial score (nSPS) is 18.5. The summed E-state index contributed by atoms with van der Waals surface area (Å²) in [5.41, 5.74) is 1.93. The van der Waals surface area contributed by atoms with Gasteiger partial charge in [0.25, 0.3) is 5.91 Å². The highest BCUT2D eigenvalue weighted by Gasteiger charge is 2.34. The van der Waals surface area contributed by atoms with Crippen molar-refractivity contribution < 1.29 is 24.2 Å². The molecule has 0 aromatic heterocycles. The lowest BCUT2D eigenvalue weighted by Crippen LogP contribution is -2.49. The Kier molecular flexibility index (Phi) is 9.77. The molecule has 2 aromatic carbocycles. The fourth-order valence-corrected chi connectivity index (χ4v) is 4.39. The average molecular weight is 513 g/mol. The Bertz CT molecular complexity index is 1060. The summed E-state index contributed by atoms with van der Waals surface area (Å²) in [5, 5.41) is 15.5. The smallest absolute Gasteiger partial charge is 0.319 e. The number of carbonyl (C=O) groups is 2. The quantitative estimate of drug-likeness (QED) is 0.475. The van der Waals surface area contributed by atoms with Crippen LogP contribution in [0.25, 0.3) is 0 Å². The maximum atomic E-state index is 13.6. The van der Waals surface area contributed by atoms with Crippen LogP contribution in [-0.4, -0.2) is 78.9 Å². The molecule has 3 N–H and O–H groups in total. The standard InChI is InChI=1S/C28H40N4O5/c1-18(2)29-28(35)30-24-9-7-8-23-26(24)37-25(19(3)14-32(27(23)34)20(4)17-33)16-31(5)15-21-10-12-22(36-6)13-11-21/h7-13,18-20,25,33H,14-17H2,1-6H3,(H2,29,30,35)/t19-,20+,25-/m0/s1. The molecule has 0 fully saturated rings. The van der Waals surface area contributed by atoms with Gasteiger partial charge in [0.05, 0.1) is 31.0 Å². The molecule has 9 heteroatoms. The maximum Gasteiger partial charge on any atom is 0.319 e. The highest BCUT2D eigenvalue weighted by molar-refractivity contribution is 6.01. The summed E-state index contributed by atoms with van der Waals surface area (Å²) in [4.78, 5) is 29.9. The first-order valence-electron chi connectivity index (χ1n) is 12.7. The number of nitrogens with zero attached hydrogens (tertiary/aromatic N) is 2. The topological polar surface area (TPSA) is 103 Å². The number of carbonyl (C=O) groups excluding carboxylic acids is 2. The number of amides is 3. The van der Waals surface area contributed by atoms with E-state index in [0.29, 0.717) is 36.6 Å². The number of likely N-dealkylation sites (N-methyl/N-ethyl adjacent to an activating group) is 1. The van der Waals surface area contributed by atoms with Crippen LogP contribution in [0.4, 0.5) is 10.5 Å². The molecule has 2 aromatic rings. The lowest BCUT2D eigenvalue weighted by Gasteiger charge is -2.38. The van der Waals surface area contributed by atoms with E-state index < -0.39 is 0 Å². The number of benzene rings is 2. The lowest BCUT2D eigenvalue weighted by atomic mass is 9.99. The average Bonchev–Trinajstić information content (AvgIpc) is 2.86. The second-order valence-corrected chi connectivity index (χ2v) is 10.1. The van der Waals surface area contributed by atoms with Gasteiger partial charge in [0.15, 0.2) is 5.75 Å². The number of hydrogen-bond donors (Lipinski definition) is 3. The van der Waals surface area contributed by atoms with Crippen LogP contribution >= 0.6 is 0 Å². The van der Waals surface area contributed by atoms with Crippen LogP contribution < -0.4 is 20.1 Å². The number of fused-ring (bicyclic) bond motifs is 1. The van der Waals surface area contributed by atoms with Crippen molar-refractivity contribution in [1.29, 1.82) is 0 Å². The van der Waals surface area contributed by atoms with Gasteiger partial charge in [-0.15, -0.1) is 0 Å². The van der Waals surface area contributed by atoms with Crippen molar-refractivity contribution in [3.63, 3.8) is 0 Å². The zero-order valence-electron chi connectivity index (χ0n) is 22.7. The Hall–Kier alpha value is -3.30. The third-order valence-electron chi connectivity index (χ3n) is 6.46. The van der Waals surface area contributed by atoms with E-state index in [-0.39, 0.29) is 42.7 Å². The summed E-state index contributed by atoms with van der Waals surface area (Å²) in [7, 11) is 3.67. The molecule has 0 saturated heterocycles. The molecular weight excluding hydrogens is 472 g/mol. The number of anilines is 1. The van der Waals surface area contributed by atoms with Crippen molar-refractivity contribution in [3.05, 3.63) is 53.6 Å². The van der Waals surface area contributed by atoms with Gasteiger partial charge in [-0.05, 0) is 57.6 Å². The fraction of sp³-hybridized carbons (Fsp3) is 0.500. The molecule has 1 aliphatic heterocycles. The van der Waals surface area contributed by atoms with E-state index in [1.165, 1.54) is 0 Å². The minimum atomic E-state index is -0.372. The Labute approximate surface area is 219 Å². The van der Waals surface area contributed by atoms with Crippen LogP contribution in [0.5, 0.6) is 11.5 Å². The number of ether oxygens (including phenoxy) is 2. The van der Waals surface area contributed by atoms with Gasteiger partial charge >= 0.3 is 6.03 Å². The number of para-hydroxylation sites is 1. The second kappa shape index (κ2) is 12.8. The molecule has 9 nitrogen and oxygen atoms in total. The highest BCUT2D eigenvalue weighted by atomic mass is 16.5. The zero-order chi connectivity index (χ0) is 27.1. The Morgan fingerprint density at radius 2 is 1.92 bits per heavy atom. The third kappa shape index (κ3) is 7.36. The largest absolute Gasteiger partial charge is 0.497 e. The van der Waals surface area contributed by atoms with E-state index in [0.717, 1.165) is 11.3 Å². The SMILES string of the molecule is COc1ccc(CN(C)C[C@@H]2Oc3c(NC(=O)NC(C)C)cccc3C(=O)N([C@H](C)CO)C[C@@H]2C)cc1. The Balaban J connectivity index is 1.91. The Morgan fingerprint density at radius 1 is 1.22 bits per heavy atom. The van der Waals surface area contributed by atoms with Gasteiger partial charge in [-0.3, -0.25) is 9.69 Å². The van der Waals surface area contributed by atoms with Crippen LogP contribution in [0.15, 0.2) is 42.5 Å². The summed E-state index contributed by atoms with van der Waals surface area (Å²) >= 11 is 0. The van der Waals surface area contributed by atoms with Crippen LogP contribution in [0.2, 0.25) is 0 Å². The highest BCUT2D eigenvalue weighted by Crippen LogP contribution is 2.35. The van der Waals surface area contributed by atoms with Crippen molar-refractivity contribution >= 4 is 17.6 Å². The lowest BCUT2D eigenvalue weighted by molar-refractivity contribution is 0.0343. The van der Waals surface area contributed by atoms with Gasteiger partial charge in [0, 0.05) is 31.6 Å². The van der Waals surface area contributed by atoms with E-state index in [1.54, 1.807) is 30.2 Å². The molecule has 0 radical (unpaired) electrons. The predicted molar refractivity (Wildman–Crippen MR) is 144 cm³/mol. The minimum absolute atomic E-state index is 0.0398. The summed E-state index contributed by atoms with van der Waals surface area (Å²) in [6.07, 6.45) is -0.278. The molecular formula is C28H40N4O5. The van der Waals surface area contributed by atoms with Crippen molar-refractivity contribution in [2.24, 2.45) is 5.92 Å². The van der Waals surface area contributed by atoms with Gasteiger partial charge in [0.2, 0.25) is 0 Å². The monoisotopic (exact) mass is 512 g/mol. The van der Waals surface area contributed by atoms with Crippen LogP contribution in [0.1, 0.15) is 43.6 Å². The first-order chi connectivity index (χ1) is 17.6. The third-order valence-corrected chi connectivity index (χ3v) is 6.46. The van der Waals surface area contributed by atoms with Crippen molar-refractivity contribution in [2.45, 2.75) is 52.4 Å². The van der Waals surface area contributed by atoms with E-state index in [4.69, 9.17) is 9.47 Å². The van der Waals surface area contributed by atoms with E-state index in [2.05, 4.69) is 15.5 Å². The number of methoxy groups -OCH3 is 1. The first-order valence-corrected chi connectivity index (χ1v) is 12.7. The summed E-state index contributed by atoms with van der Waals surface area (Å²) in [6, 6.07) is 12.3. The number of rotatable bonds is 9. The van der Waals surface area contributed by atoms with Crippen molar-refractivity contribution in [3.8, 4) is 11.5 Å². The van der Waals surface area contributed by atoms with E-state index in [1.807, 2.05) is 59.0 Å². The van der Waals surface area contributed by atoms with Gasteiger partial charge < -0.3 is 30.1 Å². The maximum absolute atomic E-state index is 13.6. The van der Waals surface area contributed by atoms with E-state index in [9.17, 15) is 14.7 Å². The molecule has 3 rings (SSSR count).